The zero-order chi connectivity index (χ0) is 28.1. The second-order valence-corrected chi connectivity index (χ2v) is 14.9. The van der Waals surface area contributed by atoms with E-state index in [0.717, 1.165) is 41.6 Å². The minimum atomic E-state index is 0. The minimum Gasteiger partial charge on any atom is -0.115 e. The molecule has 0 heteroatoms. The Morgan fingerprint density at radius 3 is 2.27 bits per heavy atom. The predicted molar refractivity (Wildman–Crippen MR) is 182 cm³/mol. The van der Waals surface area contributed by atoms with Crippen molar-refractivity contribution in [1.29, 1.82) is 0 Å². The molecule has 3 unspecified atom stereocenters. The fourth-order valence-corrected chi connectivity index (χ4v) is 10.7. The highest BCUT2D eigenvalue weighted by Gasteiger charge is 2.58. The monoisotopic (exact) mass is 551 g/mol. The Bertz CT molecular complexity index is 951. The first kappa shape index (κ1) is 33.3. The SMILES string of the molecule is C.C#C/C(C=CCCCC/C(=C\C)[C@@H]1CCCC2C3CC[C@]4(CC)CC[C@@](C)(CC)CC[C@@H]4C3CC[C@@]21C)=C/C.[HH].[HH]. The third kappa shape index (κ3) is 6.55. The van der Waals surface area contributed by atoms with Gasteiger partial charge in [-0.3, -0.25) is 0 Å². The Hall–Kier alpha value is -1.22. The van der Waals surface area contributed by atoms with Crippen molar-refractivity contribution in [2.24, 2.45) is 45.8 Å². The average Bonchev–Trinajstić information content (AvgIpc) is 3.11. The lowest BCUT2D eigenvalue weighted by molar-refractivity contribution is -0.119. The largest absolute Gasteiger partial charge is 0.115 e. The van der Waals surface area contributed by atoms with Crippen LogP contribution in [0.25, 0.3) is 0 Å². The van der Waals surface area contributed by atoms with Gasteiger partial charge in [-0.25, -0.2) is 0 Å². The van der Waals surface area contributed by atoms with E-state index in [1.165, 1.54) is 103 Å². The third-order valence-electron chi connectivity index (χ3n) is 13.5. The van der Waals surface area contributed by atoms with Crippen LogP contribution in [0.15, 0.2) is 35.5 Å². The van der Waals surface area contributed by atoms with Gasteiger partial charge in [0.2, 0.25) is 0 Å². The Morgan fingerprint density at radius 1 is 0.850 bits per heavy atom. The van der Waals surface area contributed by atoms with Crippen LogP contribution in [0.4, 0.5) is 0 Å². The van der Waals surface area contributed by atoms with Gasteiger partial charge in [0.1, 0.15) is 0 Å². The smallest absolute Gasteiger partial charge is 0.0196 e. The summed E-state index contributed by atoms with van der Waals surface area (Å²) in [6.45, 7) is 14.7. The van der Waals surface area contributed by atoms with E-state index in [9.17, 15) is 0 Å². The molecule has 0 radical (unpaired) electrons. The van der Waals surface area contributed by atoms with Crippen LogP contribution in [-0.2, 0) is 0 Å². The van der Waals surface area contributed by atoms with Crippen LogP contribution in [0.3, 0.4) is 0 Å². The Balaban J connectivity index is 0.00000294. The van der Waals surface area contributed by atoms with Crippen LogP contribution in [0.5, 0.6) is 0 Å². The van der Waals surface area contributed by atoms with Crippen molar-refractivity contribution >= 4 is 0 Å². The molecule has 0 aromatic carbocycles. The molecule has 4 fully saturated rings. The van der Waals surface area contributed by atoms with E-state index < -0.39 is 0 Å². The molecule has 0 nitrogen and oxygen atoms in total. The Kier molecular flexibility index (Phi) is 11.9. The van der Waals surface area contributed by atoms with Crippen molar-refractivity contribution in [2.45, 2.75) is 158 Å². The average molecular weight is 551 g/mol. The van der Waals surface area contributed by atoms with Gasteiger partial charge in [-0.1, -0.05) is 90.2 Å². The highest BCUT2D eigenvalue weighted by Crippen LogP contribution is 2.67. The molecule has 0 bridgehead atoms. The maximum Gasteiger partial charge on any atom is 0.0196 e. The van der Waals surface area contributed by atoms with Crippen molar-refractivity contribution in [2.75, 3.05) is 0 Å². The third-order valence-corrected chi connectivity index (χ3v) is 13.5. The van der Waals surface area contributed by atoms with Gasteiger partial charge in [0.05, 0.1) is 0 Å². The molecule has 0 saturated heterocycles. The topological polar surface area (TPSA) is 0 Å². The van der Waals surface area contributed by atoms with Crippen LogP contribution >= 0.6 is 0 Å². The molecular weight excluding hydrogens is 480 g/mol. The van der Waals surface area contributed by atoms with Gasteiger partial charge in [-0.2, -0.15) is 0 Å². The van der Waals surface area contributed by atoms with Crippen LogP contribution in [-0.4, -0.2) is 0 Å². The molecule has 0 amide bonds. The fraction of sp³-hybridized carbons (Fsp3) is 0.800. The molecular formula is C40H70. The first-order chi connectivity index (χ1) is 18.8. The Morgan fingerprint density at radius 2 is 1.60 bits per heavy atom. The van der Waals surface area contributed by atoms with Gasteiger partial charge in [-0.15, -0.1) is 6.42 Å². The number of fused-ring (bicyclic) bond motifs is 5. The zero-order valence-electron chi connectivity index (χ0n) is 26.8. The number of hydrogen-bond donors (Lipinski definition) is 0. The van der Waals surface area contributed by atoms with Gasteiger partial charge in [0, 0.05) is 8.43 Å². The number of terminal acetylenes is 1. The van der Waals surface area contributed by atoms with Gasteiger partial charge in [0.15, 0.2) is 0 Å². The molecule has 0 aliphatic heterocycles. The molecule has 0 aromatic rings. The van der Waals surface area contributed by atoms with Crippen molar-refractivity contribution in [3.63, 3.8) is 0 Å². The Labute approximate surface area is 254 Å². The number of hydrogen-bond acceptors (Lipinski definition) is 0. The standard InChI is InChI=1S/C39H62.CH4.2H2/c1-8-30(9-2)18-15-13-14-16-19-31(10-3)34-20-17-21-35-32-23-27-39(12-5)29-28-37(6,11-4)25-24-36(39)33(32)22-26-38(34,35)7;;;/h1,9-10,15,18,32-36H,11-14,16-17,19-29H2,2-7H3;1H4;2*1H/b18-15?,30-9-,31-10+;;;/t32?,33?,34-,35?,36+,37-,38+,39+;;;/m0.../s1. The van der Waals surface area contributed by atoms with E-state index in [0.29, 0.717) is 16.2 Å². The molecule has 40 heavy (non-hydrogen) atoms. The van der Waals surface area contributed by atoms with E-state index in [-0.39, 0.29) is 10.3 Å². The molecule has 4 saturated carbocycles. The summed E-state index contributed by atoms with van der Waals surface area (Å²) in [6.07, 6.45) is 38.9. The second kappa shape index (κ2) is 14.3. The summed E-state index contributed by atoms with van der Waals surface area (Å²) in [4.78, 5) is 0. The van der Waals surface area contributed by atoms with Crippen molar-refractivity contribution in [1.82, 2.24) is 0 Å². The predicted octanol–water partition coefficient (Wildman–Crippen LogP) is 13.0. The molecule has 4 aliphatic carbocycles. The van der Waals surface area contributed by atoms with Gasteiger partial charge in [-0.05, 0) is 150 Å². The normalized spacial score (nSPS) is 40.3. The van der Waals surface area contributed by atoms with Crippen molar-refractivity contribution in [3.05, 3.63) is 35.5 Å². The van der Waals surface area contributed by atoms with E-state index in [2.05, 4.69) is 58.8 Å². The first-order valence-corrected chi connectivity index (χ1v) is 17.2. The van der Waals surface area contributed by atoms with E-state index >= 15 is 0 Å². The van der Waals surface area contributed by atoms with Gasteiger partial charge >= 0.3 is 0 Å². The van der Waals surface area contributed by atoms with Crippen LogP contribution in [0.1, 0.15) is 161 Å². The maximum atomic E-state index is 5.56. The summed E-state index contributed by atoms with van der Waals surface area (Å²) < 4.78 is 0. The summed E-state index contributed by atoms with van der Waals surface area (Å²) in [5, 5.41) is 0. The summed E-state index contributed by atoms with van der Waals surface area (Å²) in [5.74, 6) is 7.57. The second-order valence-electron chi connectivity index (χ2n) is 14.9. The number of unbranched alkanes of at least 4 members (excludes halogenated alkanes) is 2. The van der Waals surface area contributed by atoms with Crippen LogP contribution < -0.4 is 0 Å². The van der Waals surface area contributed by atoms with E-state index in [1.807, 2.05) is 13.0 Å². The molecule has 4 rings (SSSR count). The number of allylic oxidation sites excluding steroid dienone is 6. The molecule has 0 N–H and O–H groups in total. The summed E-state index contributed by atoms with van der Waals surface area (Å²) in [6, 6.07) is 0. The van der Waals surface area contributed by atoms with E-state index in [1.54, 1.807) is 5.57 Å². The summed E-state index contributed by atoms with van der Waals surface area (Å²) in [5.41, 5.74) is 4.59. The highest BCUT2D eigenvalue weighted by atomic mass is 14.6. The summed E-state index contributed by atoms with van der Waals surface area (Å²) in [7, 11) is 0. The molecule has 0 heterocycles. The lowest BCUT2D eigenvalue weighted by Gasteiger charge is -2.62. The lowest BCUT2D eigenvalue weighted by Crippen LogP contribution is -2.54. The molecule has 4 aliphatic rings. The van der Waals surface area contributed by atoms with Gasteiger partial charge < -0.3 is 0 Å². The highest BCUT2D eigenvalue weighted by molar-refractivity contribution is 5.35. The zero-order valence-corrected chi connectivity index (χ0v) is 26.8. The van der Waals surface area contributed by atoms with Crippen molar-refractivity contribution in [3.8, 4) is 12.3 Å². The van der Waals surface area contributed by atoms with E-state index in [4.69, 9.17) is 6.42 Å². The van der Waals surface area contributed by atoms with Crippen molar-refractivity contribution < 1.29 is 2.85 Å². The molecule has 8 atom stereocenters. The molecule has 0 spiro atoms. The van der Waals surface area contributed by atoms with Crippen LogP contribution in [0.2, 0.25) is 0 Å². The fourth-order valence-electron chi connectivity index (χ4n) is 10.7. The lowest BCUT2D eigenvalue weighted by atomic mass is 9.43. The maximum absolute atomic E-state index is 5.56. The number of rotatable bonds is 9. The molecule has 230 valence electrons. The van der Waals surface area contributed by atoms with Gasteiger partial charge in [0.25, 0.3) is 0 Å². The minimum absolute atomic E-state index is 0. The summed E-state index contributed by atoms with van der Waals surface area (Å²) >= 11 is 0. The van der Waals surface area contributed by atoms with Crippen LogP contribution in [0, 0.1) is 58.2 Å². The first-order valence-electron chi connectivity index (χ1n) is 17.2. The quantitative estimate of drug-likeness (QED) is 0.116. The molecule has 0 aromatic heterocycles.